The molecule has 0 radical (unpaired) electrons. The fourth-order valence-electron chi connectivity index (χ4n) is 2.36. The maximum Gasteiger partial charge on any atom is 0.275 e. The quantitative estimate of drug-likeness (QED) is 0.737. The first-order valence-electron chi connectivity index (χ1n) is 6.80. The number of carbonyl (C=O) groups is 2. The number of quaternary nitrogens is 1. The second kappa shape index (κ2) is 7.11. The van der Waals surface area contributed by atoms with Crippen LogP contribution in [0, 0.1) is 0 Å². The van der Waals surface area contributed by atoms with Gasteiger partial charge < -0.3 is 15.5 Å². The van der Waals surface area contributed by atoms with Gasteiger partial charge in [0.05, 0.1) is 19.1 Å². The van der Waals surface area contributed by atoms with Crippen LogP contribution in [0.1, 0.15) is 18.5 Å². The topological polar surface area (TPSA) is 62.6 Å². The lowest BCUT2D eigenvalue weighted by atomic mass is 10.1. The van der Waals surface area contributed by atoms with Gasteiger partial charge in [-0.2, -0.15) is 0 Å². The van der Waals surface area contributed by atoms with E-state index in [4.69, 9.17) is 23.2 Å². The zero-order chi connectivity index (χ0) is 15.4. The van der Waals surface area contributed by atoms with Gasteiger partial charge in [-0.25, -0.2) is 0 Å². The highest BCUT2D eigenvalue weighted by Crippen LogP contribution is 2.25. The molecule has 1 fully saturated rings. The molecule has 1 aliphatic rings. The summed E-state index contributed by atoms with van der Waals surface area (Å²) in [4.78, 5) is 24.3. The standard InChI is InChI=1S/C14H17Cl2N3O2/c1-9(11-3-2-10(15)6-12(11)16)18-14(21)8-19-5-4-17-13(20)7-19/h2-3,6,9H,4-5,7-8H2,1H3,(H,17,20)(H,18,21)/p+1/t9-/m0/s1. The van der Waals surface area contributed by atoms with Crippen molar-refractivity contribution in [3.8, 4) is 0 Å². The molecule has 1 aromatic carbocycles. The Kier molecular flexibility index (Phi) is 5.45. The Labute approximate surface area is 133 Å². The lowest BCUT2D eigenvalue weighted by Gasteiger charge is -2.24. The largest absolute Gasteiger partial charge is 0.346 e. The van der Waals surface area contributed by atoms with Gasteiger partial charge >= 0.3 is 0 Å². The van der Waals surface area contributed by atoms with Crippen LogP contribution in [0.5, 0.6) is 0 Å². The smallest absolute Gasteiger partial charge is 0.275 e. The molecular weight excluding hydrogens is 313 g/mol. The number of carbonyl (C=O) groups excluding carboxylic acids is 2. The fraction of sp³-hybridized carbons (Fsp3) is 0.429. The molecule has 21 heavy (non-hydrogen) atoms. The molecule has 2 amide bonds. The maximum atomic E-state index is 12.0. The van der Waals surface area contributed by atoms with Gasteiger partial charge in [-0.1, -0.05) is 29.3 Å². The molecule has 114 valence electrons. The molecule has 0 saturated carbocycles. The first-order valence-corrected chi connectivity index (χ1v) is 7.56. The molecule has 1 unspecified atom stereocenters. The van der Waals surface area contributed by atoms with E-state index in [1.54, 1.807) is 18.2 Å². The van der Waals surface area contributed by atoms with Crippen molar-refractivity contribution < 1.29 is 14.5 Å². The zero-order valence-electron chi connectivity index (χ0n) is 11.7. The van der Waals surface area contributed by atoms with Crippen molar-refractivity contribution >= 4 is 35.0 Å². The third-order valence-corrected chi connectivity index (χ3v) is 3.99. The normalized spacial score (nSPS) is 19.8. The van der Waals surface area contributed by atoms with Crippen LogP contribution < -0.4 is 15.5 Å². The van der Waals surface area contributed by atoms with Gasteiger partial charge in [0.15, 0.2) is 13.1 Å². The summed E-state index contributed by atoms with van der Waals surface area (Å²) in [6.45, 7) is 3.85. The molecule has 1 aromatic rings. The van der Waals surface area contributed by atoms with Crippen molar-refractivity contribution in [2.24, 2.45) is 0 Å². The van der Waals surface area contributed by atoms with Gasteiger partial charge in [0.2, 0.25) is 0 Å². The van der Waals surface area contributed by atoms with E-state index in [0.717, 1.165) is 17.0 Å². The molecule has 1 aliphatic heterocycles. The Morgan fingerprint density at radius 2 is 2.24 bits per heavy atom. The summed E-state index contributed by atoms with van der Waals surface area (Å²) < 4.78 is 0. The maximum absolute atomic E-state index is 12.0. The Morgan fingerprint density at radius 1 is 1.48 bits per heavy atom. The number of hydrogen-bond acceptors (Lipinski definition) is 2. The Bertz CT molecular complexity index is 551. The highest BCUT2D eigenvalue weighted by molar-refractivity contribution is 6.35. The van der Waals surface area contributed by atoms with E-state index in [-0.39, 0.29) is 24.4 Å². The number of nitrogens with one attached hydrogen (secondary N) is 3. The van der Waals surface area contributed by atoms with E-state index in [1.807, 2.05) is 6.92 Å². The van der Waals surface area contributed by atoms with E-state index in [9.17, 15) is 9.59 Å². The number of halogens is 2. The van der Waals surface area contributed by atoms with Crippen LogP contribution in [0.25, 0.3) is 0 Å². The Morgan fingerprint density at radius 3 is 2.90 bits per heavy atom. The molecule has 3 N–H and O–H groups in total. The summed E-state index contributed by atoms with van der Waals surface area (Å²) in [5.74, 6) is -0.115. The van der Waals surface area contributed by atoms with Crippen LogP contribution in [0.15, 0.2) is 18.2 Å². The average molecular weight is 331 g/mol. The van der Waals surface area contributed by atoms with Crippen LogP contribution in [0.2, 0.25) is 10.0 Å². The molecule has 1 saturated heterocycles. The molecule has 2 rings (SSSR count). The Hall–Kier alpha value is -1.30. The number of hydrogen-bond donors (Lipinski definition) is 3. The van der Waals surface area contributed by atoms with E-state index in [1.165, 1.54) is 0 Å². The van der Waals surface area contributed by atoms with Gasteiger partial charge in [0, 0.05) is 10.0 Å². The minimum absolute atomic E-state index is 0.0159. The molecule has 7 heteroatoms. The molecule has 2 atom stereocenters. The van der Waals surface area contributed by atoms with Gasteiger partial charge in [0.25, 0.3) is 11.8 Å². The first kappa shape index (κ1) is 16.1. The molecular formula is C14H18Cl2N3O2+. The number of benzene rings is 1. The lowest BCUT2D eigenvalue weighted by Crippen LogP contribution is -3.16. The van der Waals surface area contributed by atoms with Crippen molar-refractivity contribution in [3.05, 3.63) is 33.8 Å². The summed E-state index contributed by atoms with van der Waals surface area (Å²) in [5, 5.41) is 6.73. The summed E-state index contributed by atoms with van der Waals surface area (Å²) in [7, 11) is 0. The van der Waals surface area contributed by atoms with Crippen molar-refractivity contribution in [1.82, 2.24) is 10.6 Å². The average Bonchev–Trinajstić information content (AvgIpc) is 2.38. The second-order valence-electron chi connectivity index (χ2n) is 5.16. The second-order valence-corrected chi connectivity index (χ2v) is 6.00. The summed E-state index contributed by atoms with van der Waals surface area (Å²) in [5.41, 5.74) is 0.820. The highest BCUT2D eigenvalue weighted by atomic mass is 35.5. The van der Waals surface area contributed by atoms with E-state index in [0.29, 0.717) is 23.1 Å². The summed E-state index contributed by atoms with van der Waals surface area (Å²) in [6.07, 6.45) is 0. The third-order valence-electron chi connectivity index (χ3n) is 3.43. The molecule has 5 nitrogen and oxygen atoms in total. The van der Waals surface area contributed by atoms with Crippen molar-refractivity contribution in [3.63, 3.8) is 0 Å². The monoisotopic (exact) mass is 330 g/mol. The molecule has 0 aromatic heterocycles. The van der Waals surface area contributed by atoms with Crippen molar-refractivity contribution in [2.75, 3.05) is 26.2 Å². The summed E-state index contributed by atoms with van der Waals surface area (Å²) in [6, 6.07) is 4.99. The zero-order valence-corrected chi connectivity index (χ0v) is 13.2. The van der Waals surface area contributed by atoms with Crippen LogP contribution >= 0.6 is 23.2 Å². The van der Waals surface area contributed by atoms with Crippen LogP contribution in [-0.2, 0) is 9.59 Å². The van der Waals surface area contributed by atoms with E-state index < -0.39 is 0 Å². The molecule has 0 spiro atoms. The number of rotatable bonds is 4. The number of amides is 2. The predicted molar refractivity (Wildman–Crippen MR) is 81.6 cm³/mol. The molecule has 1 heterocycles. The van der Waals surface area contributed by atoms with Crippen molar-refractivity contribution in [1.29, 1.82) is 0 Å². The van der Waals surface area contributed by atoms with Gasteiger partial charge in [-0.15, -0.1) is 0 Å². The molecule has 0 aliphatic carbocycles. The van der Waals surface area contributed by atoms with Gasteiger partial charge in [-0.3, -0.25) is 9.59 Å². The lowest BCUT2D eigenvalue weighted by molar-refractivity contribution is -0.885. The van der Waals surface area contributed by atoms with Crippen LogP contribution in [0.4, 0.5) is 0 Å². The van der Waals surface area contributed by atoms with Crippen LogP contribution in [-0.4, -0.2) is 38.0 Å². The fourth-order valence-corrected chi connectivity index (χ4v) is 2.93. The van der Waals surface area contributed by atoms with Gasteiger partial charge in [0.1, 0.15) is 0 Å². The van der Waals surface area contributed by atoms with E-state index in [2.05, 4.69) is 10.6 Å². The van der Waals surface area contributed by atoms with E-state index >= 15 is 0 Å². The van der Waals surface area contributed by atoms with Gasteiger partial charge in [-0.05, 0) is 24.6 Å². The minimum Gasteiger partial charge on any atom is -0.346 e. The van der Waals surface area contributed by atoms with Crippen molar-refractivity contribution in [2.45, 2.75) is 13.0 Å². The third kappa shape index (κ3) is 4.59. The number of piperazine rings is 1. The highest BCUT2D eigenvalue weighted by Gasteiger charge is 2.23. The predicted octanol–water partition coefficient (Wildman–Crippen LogP) is 0.185. The minimum atomic E-state index is -0.208. The first-order chi connectivity index (χ1) is 9.95. The SMILES string of the molecule is C[C@H](NC(=O)C[NH+]1CCNC(=O)C1)c1ccc(Cl)cc1Cl. The Balaban J connectivity index is 1.91. The summed E-state index contributed by atoms with van der Waals surface area (Å²) >= 11 is 12.0. The van der Waals surface area contributed by atoms with Crippen LogP contribution in [0.3, 0.4) is 0 Å². The molecule has 0 bridgehead atoms.